The van der Waals surface area contributed by atoms with Crippen LogP contribution < -0.4 is 0 Å². The number of amides is 1. The molecule has 98 valence electrons. The molecule has 0 aliphatic carbocycles. The lowest BCUT2D eigenvalue weighted by Gasteiger charge is -2.20. The molecule has 0 bridgehead atoms. The molecule has 2 rings (SSSR count). The first-order valence-electron chi connectivity index (χ1n) is 6.35. The van der Waals surface area contributed by atoms with Crippen LogP contribution in [-0.2, 0) is 11.3 Å². The van der Waals surface area contributed by atoms with Gasteiger partial charge in [0, 0.05) is 48.9 Å². The molecule has 0 unspecified atom stereocenters. The molecule has 0 aromatic carbocycles. The first kappa shape index (κ1) is 13.3. The van der Waals surface area contributed by atoms with Crippen molar-refractivity contribution in [2.24, 2.45) is 0 Å². The fourth-order valence-electron chi connectivity index (χ4n) is 2.21. The van der Waals surface area contributed by atoms with Gasteiger partial charge in [-0.05, 0) is 19.1 Å². The Kier molecular flexibility index (Phi) is 4.55. The fraction of sp³-hybridized carbons (Fsp3) is 0.500. The summed E-state index contributed by atoms with van der Waals surface area (Å²) in [4.78, 5) is 18.9. The average Bonchev–Trinajstić information content (AvgIpc) is 2.67. The molecule has 18 heavy (non-hydrogen) atoms. The summed E-state index contributed by atoms with van der Waals surface area (Å²) in [6.07, 6.45) is 2.42. The van der Waals surface area contributed by atoms with Crippen molar-refractivity contribution < 1.29 is 4.79 Å². The predicted molar refractivity (Wildman–Crippen MR) is 75.7 cm³/mol. The van der Waals surface area contributed by atoms with Crippen LogP contribution >= 0.6 is 11.3 Å². The molecule has 1 aliphatic heterocycles. The van der Waals surface area contributed by atoms with Crippen molar-refractivity contribution in [1.82, 2.24) is 9.80 Å². The van der Waals surface area contributed by atoms with E-state index in [0.29, 0.717) is 13.0 Å². The van der Waals surface area contributed by atoms with Gasteiger partial charge < -0.3 is 4.90 Å². The molecule has 1 fully saturated rings. The largest absolute Gasteiger partial charge is 0.338 e. The topological polar surface area (TPSA) is 23.6 Å². The zero-order valence-electron chi connectivity index (χ0n) is 10.9. The Morgan fingerprint density at radius 2 is 2.22 bits per heavy atom. The van der Waals surface area contributed by atoms with Crippen molar-refractivity contribution in [2.45, 2.75) is 19.9 Å². The molecule has 0 atom stereocenters. The van der Waals surface area contributed by atoms with Crippen LogP contribution in [0.1, 0.15) is 16.2 Å². The summed E-state index contributed by atoms with van der Waals surface area (Å²) in [6.45, 7) is 10.1. The van der Waals surface area contributed by atoms with Gasteiger partial charge in [0.1, 0.15) is 0 Å². The van der Waals surface area contributed by atoms with E-state index in [-0.39, 0.29) is 5.91 Å². The van der Waals surface area contributed by atoms with Crippen LogP contribution in [0.5, 0.6) is 0 Å². The first-order valence-corrected chi connectivity index (χ1v) is 7.17. The minimum absolute atomic E-state index is 0.250. The Labute approximate surface area is 113 Å². The fourth-order valence-corrected chi connectivity index (χ4v) is 3.14. The first-order chi connectivity index (χ1) is 8.69. The lowest BCUT2D eigenvalue weighted by atomic mass is 10.3. The van der Waals surface area contributed by atoms with Gasteiger partial charge in [0.15, 0.2) is 0 Å². The van der Waals surface area contributed by atoms with E-state index in [1.165, 1.54) is 9.75 Å². The highest BCUT2D eigenvalue weighted by atomic mass is 32.1. The van der Waals surface area contributed by atoms with Crippen LogP contribution in [0.15, 0.2) is 24.8 Å². The normalized spacial score (nSPS) is 17.8. The smallest absolute Gasteiger partial charge is 0.224 e. The maximum absolute atomic E-state index is 11.9. The highest BCUT2D eigenvalue weighted by Gasteiger charge is 2.19. The van der Waals surface area contributed by atoms with E-state index < -0.39 is 0 Å². The Morgan fingerprint density at radius 1 is 1.39 bits per heavy atom. The van der Waals surface area contributed by atoms with Crippen molar-refractivity contribution in [3.63, 3.8) is 0 Å². The van der Waals surface area contributed by atoms with E-state index >= 15 is 0 Å². The molecule has 1 aliphatic rings. The van der Waals surface area contributed by atoms with Gasteiger partial charge in [0.05, 0.1) is 0 Å². The number of thiophene rings is 1. The Morgan fingerprint density at radius 3 is 2.89 bits per heavy atom. The number of hydrogen-bond acceptors (Lipinski definition) is 3. The van der Waals surface area contributed by atoms with Gasteiger partial charge in [-0.1, -0.05) is 6.08 Å². The van der Waals surface area contributed by atoms with Crippen molar-refractivity contribution in [3.05, 3.63) is 34.5 Å². The van der Waals surface area contributed by atoms with E-state index in [2.05, 4.69) is 30.5 Å². The second kappa shape index (κ2) is 6.16. The van der Waals surface area contributed by atoms with E-state index in [1.54, 1.807) is 6.08 Å². The van der Waals surface area contributed by atoms with Gasteiger partial charge in [-0.25, -0.2) is 0 Å². The zero-order valence-corrected chi connectivity index (χ0v) is 11.7. The third-order valence-corrected chi connectivity index (χ3v) is 4.19. The second-order valence-electron chi connectivity index (χ2n) is 4.67. The van der Waals surface area contributed by atoms with Crippen LogP contribution in [0, 0.1) is 6.92 Å². The molecule has 0 N–H and O–H groups in total. The zero-order chi connectivity index (χ0) is 13.0. The molecule has 1 aromatic rings. The number of nitrogens with zero attached hydrogens (tertiary/aromatic N) is 2. The molecular weight excluding hydrogens is 244 g/mol. The summed E-state index contributed by atoms with van der Waals surface area (Å²) in [6, 6.07) is 4.35. The third kappa shape index (κ3) is 3.43. The quantitative estimate of drug-likeness (QED) is 0.779. The molecular formula is C14H20N2OS. The predicted octanol–water partition coefficient (Wildman–Crippen LogP) is 2.28. The number of rotatable bonds is 4. The van der Waals surface area contributed by atoms with E-state index in [9.17, 15) is 4.79 Å². The molecule has 3 nitrogen and oxygen atoms in total. The minimum Gasteiger partial charge on any atom is -0.338 e. The molecule has 1 amide bonds. The summed E-state index contributed by atoms with van der Waals surface area (Å²) in [7, 11) is 0. The van der Waals surface area contributed by atoms with E-state index in [4.69, 9.17) is 0 Å². The molecule has 1 saturated heterocycles. The summed E-state index contributed by atoms with van der Waals surface area (Å²) in [5.74, 6) is 0.250. The van der Waals surface area contributed by atoms with E-state index in [0.717, 1.165) is 26.2 Å². The molecule has 0 spiro atoms. The highest BCUT2D eigenvalue weighted by molar-refractivity contribution is 7.11. The van der Waals surface area contributed by atoms with Crippen molar-refractivity contribution in [2.75, 3.05) is 26.2 Å². The lowest BCUT2D eigenvalue weighted by molar-refractivity contribution is -0.129. The van der Waals surface area contributed by atoms with E-state index in [1.807, 2.05) is 16.2 Å². The Bertz CT molecular complexity index is 427. The van der Waals surface area contributed by atoms with Crippen molar-refractivity contribution in [1.29, 1.82) is 0 Å². The summed E-state index contributed by atoms with van der Waals surface area (Å²) < 4.78 is 0. The van der Waals surface area contributed by atoms with Gasteiger partial charge >= 0.3 is 0 Å². The second-order valence-corrected chi connectivity index (χ2v) is 6.04. The van der Waals surface area contributed by atoms with Crippen LogP contribution in [0.2, 0.25) is 0 Å². The summed E-state index contributed by atoms with van der Waals surface area (Å²) in [5.41, 5.74) is 0. The Balaban J connectivity index is 1.92. The molecule has 1 aromatic heterocycles. The van der Waals surface area contributed by atoms with Gasteiger partial charge in [0.25, 0.3) is 0 Å². The summed E-state index contributed by atoms with van der Waals surface area (Å²) >= 11 is 1.84. The van der Waals surface area contributed by atoms with Crippen LogP contribution in [0.3, 0.4) is 0 Å². The van der Waals surface area contributed by atoms with Gasteiger partial charge in [-0.15, -0.1) is 17.9 Å². The Hall–Kier alpha value is -1.13. The maximum atomic E-state index is 11.9. The highest BCUT2D eigenvalue weighted by Crippen LogP contribution is 2.18. The standard InChI is InChI=1S/C14H20N2OS/c1-3-7-16-10-9-15(8-6-14(16)17)11-13-5-4-12(2)18-13/h3-5H,1,6-11H2,2H3. The number of carbonyl (C=O) groups is 1. The molecule has 2 heterocycles. The molecule has 0 radical (unpaired) electrons. The van der Waals surface area contributed by atoms with Crippen LogP contribution in [0.25, 0.3) is 0 Å². The van der Waals surface area contributed by atoms with Gasteiger partial charge in [-0.3, -0.25) is 9.69 Å². The number of aryl methyl sites for hydroxylation is 1. The van der Waals surface area contributed by atoms with Gasteiger partial charge in [-0.2, -0.15) is 0 Å². The minimum atomic E-state index is 0.250. The molecule has 0 saturated carbocycles. The lowest BCUT2D eigenvalue weighted by Crippen LogP contribution is -2.33. The maximum Gasteiger partial charge on any atom is 0.224 e. The molecule has 4 heteroatoms. The van der Waals surface area contributed by atoms with Gasteiger partial charge in [0.2, 0.25) is 5.91 Å². The summed E-state index contributed by atoms with van der Waals surface area (Å²) in [5, 5.41) is 0. The monoisotopic (exact) mass is 264 g/mol. The van der Waals surface area contributed by atoms with Crippen molar-refractivity contribution in [3.8, 4) is 0 Å². The van der Waals surface area contributed by atoms with Crippen molar-refractivity contribution >= 4 is 17.2 Å². The third-order valence-electron chi connectivity index (χ3n) is 3.21. The average molecular weight is 264 g/mol. The van der Waals surface area contributed by atoms with Crippen LogP contribution in [0.4, 0.5) is 0 Å². The SMILES string of the molecule is C=CCN1CCN(Cc2ccc(C)s2)CCC1=O. The van der Waals surface area contributed by atoms with Crippen LogP contribution in [-0.4, -0.2) is 41.9 Å². The number of carbonyl (C=O) groups excluding carboxylic acids is 1. The number of hydrogen-bond donors (Lipinski definition) is 0.